The van der Waals surface area contributed by atoms with Crippen molar-refractivity contribution in [1.29, 1.82) is 0 Å². The summed E-state index contributed by atoms with van der Waals surface area (Å²) in [7, 11) is 0. The highest BCUT2D eigenvalue weighted by atomic mass is 14.9. The third-order valence-electron chi connectivity index (χ3n) is 5.57. The third kappa shape index (κ3) is 12.5. The Bertz CT molecular complexity index is 424. The van der Waals surface area contributed by atoms with E-state index in [1.165, 1.54) is 108 Å². The van der Waals surface area contributed by atoms with E-state index in [4.69, 9.17) is 0 Å². The molecule has 1 heteroatoms. The van der Waals surface area contributed by atoms with Crippen LogP contribution in [0.15, 0.2) is 24.5 Å². The zero-order valence-electron chi connectivity index (χ0n) is 18.1. The number of nitrogens with zero attached hydrogens (tertiary/aromatic N) is 1. The second-order valence-corrected chi connectivity index (χ2v) is 8.48. The fourth-order valence-electron chi connectivity index (χ4n) is 3.69. The van der Waals surface area contributed by atoms with Gasteiger partial charge in [0.1, 0.15) is 6.54 Å². The predicted molar refractivity (Wildman–Crippen MR) is 116 cm³/mol. The lowest BCUT2D eigenvalue weighted by atomic mass is 10.0. The first-order chi connectivity index (χ1) is 12.7. The minimum atomic E-state index is 0.628. The van der Waals surface area contributed by atoms with Gasteiger partial charge in [0.25, 0.3) is 0 Å². The fraction of sp³-hybridized carbons (Fsp3) is 0.800. The van der Waals surface area contributed by atoms with Gasteiger partial charge in [-0.3, -0.25) is 0 Å². The standard InChI is InChI=1S/C25H46N/c1-4-5-6-7-8-9-10-11-12-13-14-15-16-17-18-21-26-22-19-20-25(23-26)24(2)3/h19-20,22-24H,4-18,21H2,1-3H3/q+1. The van der Waals surface area contributed by atoms with E-state index in [1.807, 2.05) is 0 Å². The second kappa shape index (κ2) is 16.3. The Morgan fingerprint density at radius 1 is 0.692 bits per heavy atom. The molecule has 0 aliphatic heterocycles. The average Bonchev–Trinajstić information content (AvgIpc) is 2.65. The van der Waals surface area contributed by atoms with E-state index < -0.39 is 0 Å². The molecule has 1 rings (SSSR count). The van der Waals surface area contributed by atoms with Gasteiger partial charge in [0, 0.05) is 18.1 Å². The highest BCUT2D eigenvalue weighted by Crippen LogP contribution is 2.13. The molecule has 1 aromatic heterocycles. The Morgan fingerprint density at radius 3 is 1.62 bits per heavy atom. The molecule has 1 nitrogen and oxygen atoms in total. The third-order valence-corrected chi connectivity index (χ3v) is 5.57. The molecule has 26 heavy (non-hydrogen) atoms. The van der Waals surface area contributed by atoms with E-state index in [0.717, 1.165) is 0 Å². The first-order valence-electron chi connectivity index (χ1n) is 11.7. The summed E-state index contributed by atoms with van der Waals surface area (Å²) < 4.78 is 2.37. The van der Waals surface area contributed by atoms with Crippen molar-refractivity contribution in [3.8, 4) is 0 Å². The van der Waals surface area contributed by atoms with Gasteiger partial charge < -0.3 is 0 Å². The molecule has 0 saturated carbocycles. The van der Waals surface area contributed by atoms with E-state index in [2.05, 4.69) is 49.9 Å². The number of hydrogen-bond donors (Lipinski definition) is 0. The minimum Gasteiger partial charge on any atom is -0.205 e. The van der Waals surface area contributed by atoms with Crippen molar-refractivity contribution in [1.82, 2.24) is 0 Å². The van der Waals surface area contributed by atoms with Crippen LogP contribution >= 0.6 is 0 Å². The van der Waals surface area contributed by atoms with Crippen LogP contribution in [0.3, 0.4) is 0 Å². The SMILES string of the molecule is CCCCCCCCCCCCCCCCC[n+]1cccc(C(C)C)c1. The number of aromatic nitrogens is 1. The monoisotopic (exact) mass is 360 g/mol. The summed E-state index contributed by atoms with van der Waals surface area (Å²) in [6.45, 7) is 8.02. The quantitative estimate of drug-likeness (QED) is 0.196. The van der Waals surface area contributed by atoms with E-state index in [1.54, 1.807) is 0 Å². The highest BCUT2D eigenvalue weighted by molar-refractivity contribution is 5.09. The van der Waals surface area contributed by atoms with Crippen LogP contribution in [0.25, 0.3) is 0 Å². The maximum Gasteiger partial charge on any atom is 0.172 e. The molecule has 150 valence electrons. The van der Waals surface area contributed by atoms with Crippen LogP contribution in [-0.4, -0.2) is 0 Å². The van der Waals surface area contributed by atoms with Crippen molar-refractivity contribution >= 4 is 0 Å². The molecule has 0 bridgehead atoms. The van der Waals surface area contributed by atoms with Crippen LogP contribution in [0.5, 0.6) is 0 Å². The number of aryl methyl sites for hydroxylation is 1. The molecular weight excluding hydrogens is 314 g/mol. The van der Waals surface area contributed by atoms with Gasteiger partial charge in [0.15, 0.2) is 12.4 Å². The predicted octanol–water partition coefficient (Wildman–Crippen LogP) is 7.97. The van der Waals surface area contributed by atoms with E-state index in [0.29, 0.717) is 5.92 Å². The molecule has 1 aromatic rings. The number of hydrogen-bond acceptors (Lipinski definition) is 0. The van der Waals surface area contributed by atoms with Gasteiger partial charge in [-0.05, 0) is 18.4 Å². The van der Waals surface area contributed by atoms with E-state index >= 15 is 0 Å². The van der Waals surface area contributed by atoms with Gasteiger partial charge in [-0.15, -0.1) is 0 Å². The van der Waals surface area contributed by atoms with Crippen molar-refractivity contribution in [3.05, 3.63) is 30.1 Å². The smallest absolute Gasteiger partial charge is 0.172 e. The van der Waals surface area contributed by atoms with Crippen molar-refractivity contribution < 1.29 is 4.57 Å². The molecular formula is C25H46N+. The fourth-order valence-corrected chi connectivity index (χ4v) is 3.69. The zero-order chi connectivity index (χ0) is 18.9. The molecule has 0 amide bonds. The molecule has 0 atom stereocenters. The van der Waals surface area contributed by atoms with E-state index in [-0.39, 0.29) is 0 Å². The normalized spacial score (nSPS) is 11.4. The molecule has 0 spiro atoms. The molecule has 0 unspecified atom stereocenters. The Hall–Kier alpha value is -0.850. The lowest BCUT2D eigenvalue weighted by molar-refractivity contribution is -0.697. The van der Waals surface area contributed by atoms with Crippen molar-refractivity contribution in [2.24, 2.45) is 0 Å². The van der Waals surface area contributed by atoms with Gasteiger partial charge in [-0.1, -0.05) is 104 Å². The van der Waals surface area contributed by atoms with Crippen LogP contribution in [0, 0.1) is 0 Å². The van der Waals surface area contributed by atoms with E-state index in [9.17, 15) is 0 Å². The van der Waals surface area contributed by atoms with Crippen LogP contribution in [-0.2, 0) is 6.54 Å². The minimum absolute atomic E-state index is 0.628. The van der Waals surface area contributed by atoms with Crippen molar-refractivity contribution in [2.75, 3.05) is 0 Å². The average molecular weight is 361 g/mol. The van der Waals surface area contributed by atoms with Crippen LogP contribution in [0.1, 0.15) is 129 Å². The summed E-state index contributed by atoms with van der Waals surface area (Å²) in [5.74, 6) is 0.628. The first-order valence-corrected chi connectivity index (χ1v) is 11.7. The lowest BCUT2D eigenvalue weighted by Crippen LogP contribution is -2.33. The molecule has 0 N–H and O–H groups in total. The first kappa shape index (κ1) is 23.2. The van der Waals surface area contributed by atoms with Crippen LogP contribution in [0.4, 0.5) is 0 Å². The van der Waals surface area contributed by atoms with Gasteiger partial charge >= 0.3 is 0 Å². The molecule has 0 fully saturated rings. The summed E-state index contributed by atoms with van der Waals surface area (Å²) >= 11 is 0. The summed E-state index contributed by atoms with van der Waals surface area (Å²) in [5.41, 5.74) is 1.45. The number of pyridine rings is 1. The molecule has 1 heterocycles. The molecule has 0 aliphatic rings. The Labute approximate surface area is 164 Å². The summed E-state index contributed by atoms with van der Waals surface area (Å²) in [6, 6.07) is 4.44. The van der Waals surface area contributed by atoms with Gasteiger partial charge in [0.05, 0.1) is 0 Å². The Balaban J connectivity index is 1.84. The highest BCUT2D eigenvalue weighted by Gasteiger charge is 2.05. The van der Waals surface area contributed by atoms with Gasteiger partial charge in [-0.2, -0.15) is 0 Å². The van der Waals surface area contributed by atoms with Crippen molar-refractivity contribution in [3.63, 3.8) is 0 Å². The molecule has 0 radical (unpaired) electrons. The largest absolute Gasteiger partial charge is 0.205 e. The van der Waals surface area contributed by atoms with Gasteiger partial charge in [0.2, 0.25) is 0 Å². The lowest BCUT2D eigenvalue weighted by Gasteiger charge is -2.04. The maximum atomic E-state index is 2.37. The molecule has 0 aromatic carbocycles. The Morgan fingerprint density at radius 2 is 1.15 bits per heavy atom. The van der Waals surface area contributed by atoms with Crippen LogP contribution < -0.4 is 4.57 Å². The van der Waals surface area contributed by atoms with Crippen molar-refractivity contribution in [2.45, 2.75) is 130 Å². The molecule has 0 aliphatic carbocycles. The maximum absolute atomic E-state index is 2.37. The summed E-state index contributed by atoms with van der Waals surface area (Å²) in [4.78, 5) is 0. The molecule has 0 saturated heterocycles. The zero-order valence-corrected chi connectivity index (χ0v) is 18.1. The summed E-state index contributed by atoms with van der Waals surface area (Å²) in [5, 5.41) is 0. The summed E-state index contributed by atoms with van der Waals surface area (Å²) in [6.07, 6.45) is 26.1. The number of rotatable bonds is 17. The van der Waals surface area contributed by atoms with Crippen LogP contribution in [0.2, 0.25) is 0 Å². The number of unbranched alkanes of at least 4 members (excludes halogenated alkanes) is 14. The van der Waals surface area contributed by atoms with Gasteiger partial charge in [-0.25, -0.2) is 4.57 Å². The topological polar surface area (TPSA) is 3.88 Å². The second-order valence-electron chi connectivity index (χ2n) is 8.48. The Kier molecular flexibility index (Phi) is 14.6.